The molecule has 1 aliphatic rings. The van der Waals surface area contributed by atoms with Crippen LogP contribution in [0.25, 0.3) is 0 Å². The molecule has 1 amide bonds. The van der Waals surface area contributed by atoms with Crippen LogP contribution in [0.1, 0.15) is 18.9 Å². The first-order valence-corrected chi connectivity index (χ1v) is 7.92. The normalized spacial score (nSPS) is 14.0. The van der Waals surface area contributed by atoms with E-state index in [0.717, 1.165) is 11.3 Å². The lowest BCUT2D eigenvalue weighted by atomic mass is 10.2. The molecule has 0 bridgehead atoms. The maximum atomic E-state index is 12.0. The van der Waals surface area contributed by atoms with Crippen LogP contribution in [0.15, 0.2) is 23.1 Å². The number of anilines is 1. The van der Waals surface area contributed by atoms with Gasteiger partial charge in [0.15, 0.2) is 0 Å². The summed E-state index contributed by atoms with van der Waals surface area (Å²) in [6.45, 7) is 1.85. The first kappa shape index (κ1) is 15.5. The maximum absolute atomic E-state index is 12.0. The molecular weight excluding hydrogens is 296 g/mol. The van der Waals surface area contributed by atoms with Gasteiger partial charge in [-0.25, -0.2) is 13.1 Å². The summed E-state index contributed by atoms with van der Waals surface area (Å²) in [6.07, 6.45) is 0.329. The lowest BCUT2D eigenvalue weighted by Gasteiger charge is -2.15. The Morgan fingerprint density at radius 2 is 2.10 bits per heavy atom. The standard InChI is InChI=1S/C13H16N2O5S/c1-9(16)15-7-5-10-8-11(2-3-12(10)15)21(19,20)14-6-4-13(17)18/h2-3,8,14H,4-7H2,1H3,(H,17,18). The molecular formula is C13H16N2O5S. The summed E-state index contributed by atoms with van der Waals surface area (Å²) in [4.78, 5) is 23.5. The Kier molecular flexibility index (Phi) is 4.29. The number of aliphatic carboxylic acids is 1. The highest BCUT2D eigenvalue weighted by Crippen LogP contribution is 2.30. The number of hydrogen-bond donors (Lipinski definition) is 2. The molecule has 2 N–H and O–H groups in total. The van der Waals surface area contributed by atoms with Gasteiger partial charge in [-0.05, 0) is 30.2 Å². The molecule has 0 fully saturated rings. The van der Waals surface area contributed by atoms with Crippen molar-refractivity contribution in [2.45, 2.75) is 24.7 Å². The number of nitrogens with zero attached hydrogens (tertiary/aromatic N) is 1. The molecule has 0 saturated heterocycles. The van der Waals surface area contributed by atoms with Crippen molar-refractivity contribution < 1.29 is 23.1 Å². The van der Waals surface area contributed by atoms with Crippen molar-refractivity contribution in [1.29, 1.82) is 0 Å². The Labute approximate surface area is 122 Å². The number of amides is 1. The summed E-state index contributed by atoms with van der Waals surface area (Å²) in [5.74, 6) is -1.15. The predicted molar refractivity (Wildman–Crippen MR) is 75.6 cm³/mol. The molecule has 0 unspecified atom stereocenters. The molecule has 8 heteroatoms. The minimum atomic E-state index is -3.73. The molecule has 0 aromatic heterocycles. The van der Waals surface area contributed by atoms with E-state index >= 15 is 0 Å². The fourth-order valence-electron chi connectivity index (χ4n) is 2.25. The third-order valence-electron chi connectivity index (χ3n) is 3.27. The second-order valence-corrected chi connectivity index (χ2v) is 6.52. The third-order valence-corrected chi connectivity index (χ3v) is 4.73. The van der Waals surface area contributed by atoms with E-state index in [4.69, 9.17) is 5.11 Å². The Morgan fingerprint density at radius 3 is 2.71 bits per heavy atom. The summed E-state index contributed by atoms with van der Waals surface area (Å²) in [6, 6.07) is 4.56. The smallest absolute Gasteiger partial charge is 0.304 e. The molecule has 1 aliphatic heterocycles. The number of sulfonamides is 1. The van der Waals surface area contributed by atoms with Crippen molar-refractivity contribution in [3.63, 3.8) is 0 Å². The Hall–Kier alpha value is -1.93. The van der Waals surface area contributed by atoms with Crippen LogP contribution >= 0.6 is 0 Å². The quantitative estimate of drug-likeness (QED) is 0.816. The van der Waals surface area contributed by atoms with Gasteiger partial charge in [0.05, 0.1) is 11.3 Å². The first-order chi connectivity index (χ1) is 9.81. The summed E-state index contributed by atoms with van der Waals surface area (Å²) >= 11 is 0. The molecule has 21 heavy (non-hydrogen) atoms. The van der Waals surface area contributed by atoms with Crippen LogP contribution in [0.3, 0.4) is 0 Å². The van der Waals surface area contributed by atoms with Gasteiger partial charge in [0.2, 0.25) is 15.9 Å². The van der Waals surface area contributed by atoms with Gasteiger partial charge < -0.3 is 10.0 Å². The van der Waals surface area contributed by atoms with E-state index in [-0.39, 0.29) is 23.8 Å². The van der Waals surface area contributed by atoms with E-state index in [1.165, 1.54) is 19.1 Å². The number of carbonyl (C=O) groups is 2. The lowest BCUT2D eigenvalue weighted by Crippen LogP contribution is -2.27. The molecule has 7 nitrogen and oxygen atoms in total. The summed E-state index contributed by atoms with van der Waals surface area (Å²) in [7, 11) is -3.73. The molecule has 1 aromatic carbocycles. The van der Waals surface area contributed by atoms with Gasteiger partial charge in [0, 0.05) is 25.7 Å². The van der Waals surface area contributed by atoms with E-state index in [2.05, 4.69) is 4.72 Å². The van der Waals surface area contributed by atoms with Crippen LogP contribution in [0.2, 0.25) is 0 Å². The average Bonchev–Trinajstić information content (AvgIpc) is 2.80. The molecule has 0 spiro atoms. The topological polar surface area (TPSA) is 104 Å². The van der Waals surface area contributed by atoms with Crippen LogP contribution < -0.4 is 9.62 Å². The number of hydrogen-bond acceptors (Lipinski definition) is 4. The zero-order valence-corrected chi connectivity index (χ0v) is 12.3. The van der Waals surface area contributed by atoms with Gasteiger partial charge in [-0.3, -0.25) is 9.59 Å². The van der Waals surface area contributed by atoms with Crippen LogP contribution in [-0.4, -0.2) is 38.5 Å². The van der Waals surface area contributed by atoms with E-state index in [1.54, 1.807) is 11.0 Å². The number of carbonyl (C=O) groups excluding carboxylic acids is 1. The van der Waals surface area contributed by atoms with E-state index in [9.17, 15) is 18.0 Å². The van der Waals surface area contributed by atoms with Gasteiger partial charge in [0.25, 0.3) is 0 Å². The Morgan fingerprint density at radius 1 is 1.38 bits per heavy atom. The number of rotatable bonds is 5. The fraction of sp³-hybridized carbons (Fsp3) is 0.385. The van der Waals surface area contributed by atoms with Crippen LogP contribution in [0.4, 0.5) is 5.69 Å². The van der Waals surface area contributed by atoms with Crippen molar-refractivity contribution in [3.8, 4) is 0 Å². The van der Waals surface area contributed by atoms with Crippen LogP contribution in [0.5, 0.6) is 0 Å². The highest BCUT2D eigenvalue weighted by atomic mass is 32.2. The largest absolute Gasteiger partial charge is 0.481 e. The van der Waals surface area contributed by atoms with E-state index < -0.39 is 16.0 Å². The van der Waals surface area contributed by atoms with Crippen molar-refractivity contribution >= 4 is 27.6 Å². The minimum Gasteiger partial charge on any atom is -0.481 e. The zero-order chi connectivity index (χ0) is 15.6. The zero-order valence-electron chi connectivity index (χ0n) is 11.5. The molecule has 2 rings (SSSR count). The predicted octanol–water partition coefficient (Wildman–Crippen LogP) is 0.349. The Balaban J connectivity index is 2.19. The molecule has 0 saturated carbocycles. The van der Waals surface area contributed by atoms with Gasteiger partial charge >= 0.3 is 5.97 Å². The van der Waals surface area contributed by atoms with Crippen molar-refractivity contribution in [1.82, 2.24) is 4.72 Å². The van der Waals surface area contributed by atoms with Gasteiger partial charge in [-0.15, -0.1) is 0 Å². The van der Waals surface area contributed by atoms with E-state index in [1.807, 2.05) is 0 Å². The van der Waals surface area contributed by atoms with Gasteiger partial charge in [-0.1, -0.05) is 0 Å². The molecule has 114 valence electrons. The van der Waals surface area contributed by atoms with Crippen molar-refractivity contribution in [2.75, 3.05) is 18.0 Å². The van der Waals surface area contributed by atoms with Crippen LogP contribution in [0, 0.1) is 0 Å². The van der Waals surface area contributed by atoms with Crippen molar-refractivity contribution in [3.05, 3.63) is 23.8 Å². The summed E-state index contributed by atoms with van der Waals surface area (Å²) in [5, 5.41) is 8.52. The summed E-state index contributed by atoms with van der Waals surface area (Å²) in [5.41, 5.74) is 1.53. The third kappa shape index (κ3) is 3.40. The number of carboxylic acids is 1. The molecule has 0 atom stereocenters. The fourth-order valence-corrected chi connectivity index (χ4v) is 3.33. The highest BCUT2D eigenvalue weighted by Gasteiger charge is 2.24. The second-order valence-electron chi connectivity index (χ2n) is 4.75. The summed E-state index contributed by atoms with van der Waals surface area (Å²) < 4.78 is 26.3. The number of nitrogens with one attached hydrogen (secondary N) is 1. The molecule has 1 aromatic rings. The SMILES string of the molecule is CC(=O)N1CCc2cc(S(=O)(=O)NCCC(=O)O)ccc21. The monoisotopic (exact) mass is 312 g/mol. The van der Waals surface area contributed by atoms with Crippen molar-refractivity contribution in [2.24, 2.45) is 0 Å². The molecule has 0 radical (unpaired) electrons. The van der Waals surface area contributed by atoms with E-state index in [0.29, 0.717) is 13.0 Å². The molecule has 1 heterocycles. The van der Waals surface area contributed by atoms with Crippen LogP contribution in [-0.2, 0) is 26.0 Å². The first-order valence-electron chi connectivity index (χ1n) is 6.44. The number of carboxylic acid groups (broad SMARTS) is 1. The molecule has 0 aliphatic carbocycles. The Bertz CT molecular complexity index is 684. The average molecular weight is 312 g/mol. The highest BCUT2D eigenvalue weighted by molar-refractivity contribution is 7.89. The minimum absolute atomic E-state index is 0.0797. The maximum Gasteiger partial charge on any atom is 0.304 e. The lowest BCUT2D eigenvalue weighted by molar-refractivity contribution is -0.136. The van der Waals surface area contributed by atoms with Gasteiger partial charge in [-0.2, -0.15) is 0 Å². The number of fused-ring (bicyclic) bond motifs is 1. The van der Waals surface area contributed by atoms with Gasteiger partial charge in [0.1, 0.15) is 0 Å². The number of benzene rings is 1. The second kappa shape index (κ2) is 5.82.